The predicted molar refractivity (Wildman–Crippen MR) is 56.4 cm³/mol. The molecule has 0 spiro atoms. The first-order valence-corrected chi connectivity index (χ1v) is 4.71. The van der Waals surface area contributed by atoms with Crippen LogP contribution < -0.4 is 5.73 Å². The lowest BCUT2D eigenvalue weighted by atomic mass is 9.92. The van der Waals surface area contributed by atoms with Crippen molar-refractivity contribution in [3.63, 3.8) is 0 Å². The molecule has 4 N–H and O–H groups in total. The van der Waals surface area contributed by atoms with Gasteiger partial charge in [-0.15, -0.1) is 0 Å². The van der Waals surface area contributed by atoms with E-state index in [-0.39, 0.29) is 6.04 Å². The van der Waals surface area contributed by atoms with Crippen LogP contribution in [-0.4, -0.2) is 22.5 Å². The van der Waals surface area contributed by atoms with Gasteiger partial charge in [-0.25, -0.2) is 0 Å². The lowest BCUT2D eigenvalue weighted by Crippen LogP contribution is -2.17. The summed E-state index contributed by atoms with van der Waals surface area (Å²) in [6, 6.07) is 0.0842. The molecule has 1 unspecified atom stereocenters. The zero-order chi connectivity index (χ0) is 10.7. The van der Waals surface area contributed by atoms with Gasteiger partial charge in [-0.1, -0.05) is 18.7 Å². The van der Waals surface area contributed by atoms with Crippen LogP contribution in [0.2, 0.25) is 0 Å². The number of nitrogens with two attached hydrogens (primary N) is 1. The Kier molecular flexibility index (Phi) is 3.63. The van der Waals surface area contributed by atoms with Gasteiger partial charge in [0.15, 0.2) is 6.29 Å². The molecule has 0 aromatic carbocycles. The molecule has 0 aromatic rings. The van der Waals surface area contributed by atoms with Gasteiger partial charge in [-0.2, -0.15) is 0 Å². The van der Waals surface area contributed by atoms with Crippen molar-refractivity contribution in [2.75, 3.05) is 0 Å². The predicted octanol–water partition coefficient (Wildman–Crippen LogP) is 0.847. The molecule has 1 rings (SSSR count). The highest BCUT2D eigenvalue weighted by Crippen LogP contribution is 2.25. The quantitative estimate of drug-likeness (QED) is 0.585. The summed E-state index contributed by atoms with van der Waals surface area (Å²) in [5, 5.41) is 18.1. The Balaban J connectivity index is 2.78. The second-order valence-corrected chi connectivity index (χ2v) is 3.74. The number of aliphatic hydroxyl groups excluding tert-OH is 1. The van der Waals surface area contributed by atoms with Crippen LogP contribution in [0.1, 0.15) is 19.8 Å². The van der Waals surface area contributed by atoms with Crippen LogP contribution in [-0.2, 0) is 0 Å². The van der Waals surface area contributed by atoms with E-state index in [1.54, 1.807) is 6.08 Å². The fourth-order valence-electron chi connectivity index (χ4n) is 1.50. The van der Waals surface area contributed by atoms with E-state index in [4.69, 9.17) is 15.9 Å². The third-order valence-electron chi connectivity index (χ3n) is 2.20. The van der Waals surface area contributed by atoms with Gasteiger partial charge < -0.3 is 15.9 Å². The molecule has 0 bridgehead atoms. The van der Waals surface area contributed by atoms with E-state index in [0.29, 0.717) is 12.0 Å². The van der Waals surface area contributed by atoms with Crippen LogP contribution in [0.15, 0.2) is 35.5 Å². The Morgan fingerprint density at radius 3 is 2.71 bits per heavy atom. The van der Waals surface area contributed by atoms with E-state index in [0.717, 1.165) is 17.6 Å². The summed E-state index contributed by atoms with van der Waals surface area (Å²) in [6.45, 7) is 5.69. The Morgan fingerprint density at radius 1 is 1.57 bits per heavy atom. The van der Waals surface area contributed by atoms with E-state index < -0.39 is 6.29 Å². The summed E-state index contributed by atoms with van der Waals surface area (Å²) in [7, 11) is 0. The molecule has 0 aromatic heterocycles. The van der Waals surface area contributed by atoms with E-state index in [1.165, 1.54) is 0 Å². The highest BCUT2D eigenvalue weighted by atomic mass is 16.5. The molecule has 1 aliphatic rings. The van der Waals surface area contributed by atoms with Crippen LogP contribution in [0.3, 0.4) is 0 Å². The first kappa shape index (κ1) is 11.2. The number of aliphatic hydroxyl groups is 2. The maximum absolute atomic E-state index is 9.07. The normalized spacial score (nSPS) is 19.4. The van der Waals surface area contributed by atoms with Crippen molar-refractivity contribution in [2.24, 2.45) is 5.73 Å². The molecule has 78 valence electrons. The molecule has 1 aliphatic carbocycles. The molecule has 3 nitrogen and oxygen atoms in total. The first-order chi connectivity index (χ1) is 6.50. The third kappa shape index (κ3) is 2.80. The Bertz CT molecular complexity index is 288. The fourth-order valence-corrected chi connectivity index (χ4v) is 1.50. The second kappa shape index (κ2) is 4.55. The molecular weight excluding hydrogens is 178 g/mol. The summed E-state index contributed by atoms with van der Waals surface area (Å²) < 4.78 is 0. The van der Waals surface area contributed by atoms with Gasteiger partial charge >= 0.3 is 0 Å². The highest BCUT2D eigenvalue weighted by molar-refractivity contribution is 5.43. The van der Waals surface area contributed by atoms with Gasteiger partial charge in [0.05, 0.1) is 0 Å². The smallest absolute Gasteiger partial charge is 0.178 e. The maximum atomic E-state index is 9.07. The average molecular weight is 195 g/mol. The average Bonchev–Trinajstić information content (AvgIpc) is 2.07. The molecule has 0 fully saturated rings. The second-order valence-electron chi connectivity index (χ2n) is 3.74. The lowest BCUT2D eigenvalue weighted by molar-refractivity contribution is -0.00618. The minimum absolute atomic E-state index is 0.0842. The molecule has 0 radical (unpaired) electrons. The zero-order valence-electron chi connectivity index (χ0n) is 8.40. The molecular formula is C11H17NO2. The molecule has 0 amide bonds. The standard InChI is InChI=1S/C11H17NO2/c1-7-3-4-9(5-8(2)12)6-10(7)11(13)14/h4,6,8,11,13-14H,1,3,5,12H2,2H3. The van der Waals surface area contributed by atoms with E-state index >= 15 is 0 Å². The molecule has 1 atom stereocenters. The SMILES string of the molecule is C=C1CC=C(CC(C)N)C=C1C(O)O. The molecule has 0 aliphatic heterocycles. The van der Waals surface area contributed by atoms with Crippen molar-refractivity contribution in [3.8, 4) is 0 Å². The maximum Gasteiger partial charge on any atom is 0.178 e. The van der Waals surface area contributed by atoms with Crippen LogP contribution >= 0.6 is 0 Å². The van der Waals surface area contributed by atoms with Crippen LogP contribution in [0.4, 0.5) is 0 Å². The van der Waals surface area contributed by atoms with Gasteiger partial charge in [0.2, 0.25) is 0 Å². The van der Waals surface area contributed by atoms with Crippen molar-refractivity contribution in [1.82, 2.24) is 0 Å². The van der Waals surface area contributed by atoms with Crippen LogP contribution in [0.5, 0.6) is 0 Å². The van der Waals surface area contributed by atoms with Gasteiger partial charge in [0.25, 0.3) is 0 Å². The van der Waals surface area contributed by atoms with Crippen molar-refractivity contribution in [3.05, 3.63) is 35.5 Å². The van der Waals surface area contributed by atoms with Gasteiger partial charge in [0.1, 0.15) is 0 Å². The number of hydrogen-bond donors (Lipinski definition) is 3. The topological polar surface area (TPSA) is 66.5 Å². The Labute approximate surface area is 84.2 Å². The Morgan fingerprint density at radius 2 is 2.21 bits per heavy atom. The fraction of sp³-hybridized carbons (Fsp3) is 0.455. The van der Waals surface area contributed by atoms with Gasteiger partial charge in [-0.05, 0) is 30.9 Å². The van der Waals surface area contributed by atoms with Gasteiger partial charge in [-0.3, -0.25) is 0 Å². The number of rotatable bonds is 3. The van der Waals surface area contributed by atoms with E-state index in [9.17, 15) is 0 Å². The molecule has 0 saturated carbocycles. The summed E-state index contributed by atoms with van der Waals surface area (Å²) in [5.41, 5.74) is 7.97. The van der Waals surface area contributed by atoms with Crippen molar-refractivity contribution in [2.45, 2.75) is 32.1 Å². The lowest BCUT2D eigenvalue weighted by Gasteiger charge is -2.18. The van der Waals surface area contributed by atoms with Crippen molar-refractivity contribution < 1.29 is 10.2 Å². The molecule has 0 heterocycles. The van der Waals surface area contributed by atoms with Crippen LogP contribution in [0.25, 0.3) is 0 Å². The zero-order valence-corrected chi connectivity index (χ0v) is 8.40. The monoisotopic (exact) mass is 195 g/mol. The van der Waals surface area contributed by atoms with E-state index in [2.05, 4.69) is 6.58 Å². The summed E-state index contributed by atoms with van der Waals surface area (Å²) in [5.74, 6) is 0. The minimum Gasteiger partial charge on any atom is -0.364 e. The number of allylic oxidation sites excluding steroid dienone is 2. The highest BCUT2D eigenvalue weighted by Gasteiger charge is 2.15. The minimum atomic E-state index is -1.43. The van der Waals surface area contributed by atoms with Gasteiger partial charge in [0, 0.05) is 11.6 Å². The largest absolute Gasteiger partial charge is 0.364 e. The first-order valence-electron chi connectivity index (χ1n) is 4.71. The van der Waals surface area contributed by atoms with Crippen LogP contribution in [0, 0.1) is 0 Å². The third-order valence-corrected chi connectivity index (χ3v) is 2.20. The van der Waals surface area contributed by atoms with E-state index in [1.807, 2.05) is 13.0 Å². The van der Waals surface area contributed by atoms with Crippen molar-refractivity contribution in [1.29, 1.82) is 0 Å². The molecule has 0 saturated heterocycles. The summed E-state index contributed by atoms with van der Waals surface area (Å²) in [6.07, 6.45) is 3.78. The molecule has 14 heavy (non-hydrogen) atoms. The number of hydrogen-bond acceptors (Lipinski definition) is 3. The summed E-state index contributed by atoms with van der Waals surface area (Å²) in [4.78, 5) is 0. The summed E-state index contributed by atoms with van der Waals surface area (Å²) >= 11 is 0. The molecule has 3 heteroatoms. The van der Waals surface area contributed by atoms with Crippen molar-refractivity contribution >= 4 is 0 Å². The Hall–Kier alpha value is -0.900.